The van der Waals surface area contributed by atoms with Crippen LogP contribution < -0.4 is 4.74 Å². The Hall–Kier alpha value is -3.86. The summed E-state index contributed by atoms with van der Waals surface area (Å²) >= 11 is 0. The van der Waals surface area contributed by atoms with Gasteiger partial charge in [0.15, 0.2) is 0 Å². The molecule has 1 amide bonds. The van der Waals surface area contributed by atoms with Crippen molar-refractivity contribution in [2.24, 2.45) is 0 Å². The molecule has 0 fully saturated rings. The number of methoxy groups -OCH3 is 1. The molecule has 5 nitrogen and oxygen atoms in total. The molecule has 0 saturated carbocycles. The van der Waals surface area contributed by atoms with Gasteiger partial charge in [0, 0.05) is 37.6 Å². The minimum absolute atomic E-state index is 0.0385. The van der Waals surface area contributed by atoms with Crippen LogP contribution in [0.1, 0.15) is 27.0 Å². The van der Waals surface area contributed by atoms with Gasteiger partial charge in [-0.2, -0.15) is 0 Å². The molecule has 0 bridgehead atoms. The van der Waals surface area contributed by atoms with E-state index in [4.69, 9.17) is 4.74 Å². The number of carbonyl (C=O) groups excluding carboxylic acids is 1. The maximum absolute atomic E-state index is 13.4. The lowest BCUT2D eigenvalue weighted by Gasteiger charge is -2.23. The quantitative estimate of drug-likeness (QED) is 0.386. The van der Waals surface area contributed by atoms with Gasteiger partial charge < -0.3 is 14.2 Å². The lowest BCUT2D eigenvalue weighted by atomic mass is 10.1. The average Bonchev–Trinajstić information content (AvgIpc) is 3.36. The van der Waals surface area contributed by atoms with Gasteiger partial charge in [0.2, 0.25) is 0 Å². The highest BCUT2D eigenvalue weighted by Gasteiger charge is 2.16. The van der Waals surface area contributed by atoms with Crippen molar-refractivity contribution < 1.29 is 9.53 Å². The molecular formula is C27H27N3O2. The number of rotatable bonds is 9. The van der Waals surface area contributed by atoms with Crippen molar-refractivity contribution in [1.29, 1.82) is 0 Å². The third kappa shape index (κ3) is 5.64. The monoisotopic (exact) mass is 425 g/mol. The van der Waals surface area contributed by atoms with Gasteiger partial charge in [-0.15, -0.1) is 0 Å². The first-order valence-corrected chi connectivity index (χ1v) is 10.7. The zero-order valence-corrected chi connectivity index (χ0v) is 18.2. The highest BCUT2D eigenvalue weighted by molar-refractivity contribution is 5.94. The summed E-state index contributed by atoms with van der Waals surface area (Å²) in [4.78, 5) is 19.4. The molecule has 0 unspecified atom stereocenters. The Morgan fingerprint density at radius 1 is 0.906 bits per heavy atom. The molecule has 3 aromatic carbocycles. The molecular weight excluding hydrogens is 398 g/mol. The smallest absolute Gasteiger partial charge is 0.254 e. The normalized spacial score (nSPS) is 10.7. The third-order valence-corrected chi connectivity index (χ3v) is 5.46. The molecule has 1 aromatic heterocycles. The van der Waals surface area contributed by atoms with E-state index in [9.17, 15) is 4.79 Å². The number of hydrogen-bond acceptors (Lipinski definition) is 3. The fraction of sp³-hybridized carbons (Fsp3) is 0.185. The Bertz CT molecular complexity index is 1110. The van der Waals surface area contributed by atoms with E-state index in [0.29, 0.717) is 18.7 Å². The standard InChI is InChI=1S/C27H27N3O2/c1-32-26-13-9-22(10-14-26)15-17-30(20-23-5-3-2-4-6-23)27(31)25-11-7-24(8-12-25)19-29-18-16-28-21-29/h2-14,16,18,21H,15,17,19-20H2,1H3. The number of aromatic nitrogens is 2. The van der Waals surface area contributed by atoms with E-state index in [2.05, 4.69) is 29.2 Å². The van der Waals surface area contributed by atoms with Crippen LogP contribution in [0.25, 0.3) is 0 Å². The van der Waals surface area contributed by atoms with Gasteiger partial charge in [0.25, 0.3) is 5.91 Å². The maximum atomic E-state index is 13.4. The van der Waals surface area contributed by atoms with Crippen molar-refractivity contribution in [2.45, 2.75) is 19.5 Å². The number of ether oxygens (including phenoxy) is 1. The second-order valence-corrected chi connectivity index (χ2v) is 7.74. The first kappa shape index (κ1) is 21.4. The molecule has 5 heteroatoms. The van der Waals surface area contributed by atoms with Crippen LogP contribution in [0.2, 0.25) is 0 Å². The number of nitrogens with zero attached hydrogens (tertiary/aromatic N) is 3. The second kappa shape index (κ2) is 10.4. The molecule has 162 valence electrons. The molecule has 0 aliphatic heterocycles. The molecule has 0 aliphatic rings. The highest BCUT2D eigenvalue weighted by Crippen LogP contribution is 2.16. The molecule has 0 aliphatic carbocycles. The third-order valence-electron chi connectivity index (χ3n) is 5.46. The molecule has 32 heavy (non-hydrogen) atoms. The molecule has 0 spiro atoms. The van der Waals surface area contributed by atoms with E-state index < -0.39 is 0 Å². The molecule has 4 aromatic rings. The summed E-state index contributed by atoms with van der Waals surface area (Å²) in [6.07, 6.45) is 6.27. The van der Waals surface area contributed by atoms with Gasteiger partial charge in [-0.3, -0.25) is 4.79 Å². The van der Waals surface area contributed by atoms with Gasteiger partial charge in [-0.05, 0) is 47.4 Å². The first-order chi connectivity index (χ1) is 15.7. The van der Waals surface area contributed by atoms with Crippen LogP contribution in [-0.4, -0.2) is 34.0 Å². The Labute approximate surface area is 188 Å². The molecule has 4 rings (SSSR count). The van der Waals surface area contributed by atoms with Crippen LogP contribution in [-0.2, 0) is 19.5 Å². The van der Waals surface area contributed by atoms with E-state index in [1.54, 1.807) is 19.6 Å². The summed E-state index contributed by atoms with van der Waals surface area (Å²) in [5, 5.41) is 0. The van der Waals surface area contributed by atoms with Crippen molar-refractivity contribution in [3.63, 3.8) is 0 Å². The maximum Gasteiger partial charge on any atom is 0.254 e. The van der Waals surface area contributed by atoms with Crippen molar-refractivity contribution >= 4 is 5.91 Å². The minimum atomic E-state index is 0.0385. The lowest BCUT2D eigenvalue weighted by Crippen LogP contribution is -2.32. The number of hydrogen-bond donors (Lipinski definition) is 0. The van der Waals surface area contributed by atoms with Crippen LogP contribution in [0.4, 0.5) is 0 Å². The van der Waals surface area contributed by atoms with Gasteiger partial charge in [-0.1, -0.05) is 54.6 Å². The summed E-state index contributed by atoms with van der Waals surface area (Å²) < 4.78 is 7.25. The van der Waals surface area contributed by atoms with Crippen molar-refractivity contribution in [2.75, 3.05) is 13.7 Å². The Morgan fingerprint density at radius 2 is 1.62 bits per heavy atom. The topological polar surface area (TPSA) is 47.4 Å². The van der Waals surface area contributed by atoms with Gasteiger partial charge in [0.05, 0.1) is 13.4 Å². The Morgan fingerprint density at radius 3 is 2.28 bits per heavy atom. The zero-order chi connectivity index (χ0) is 22.2. The fourth-order valence-electron chi connectivity index (χ4n) is 3.64. The summed E-state index contributed by atoms with van der Waals surface area (Å²) in [5.74, 6) is 0.873. The van der Waals surface area contributed by atoms with Crippen molar-refractivity contribution in [3.8, 4) is 5.75 Å². The molecule has 0 atom stereocenters. The molecule has 0 N–H and O–H groups in total. The van der Waals surface area contributed by atoms with Crippen molar-refractivity contribution in [3.05, 3.63) is 120 Å². The first-order valence-electron chi connectivity index (χ1n) is 10.7. The SMILES string of the molecule is COc1ccc(CCN(Cc2ccccc2)C(=O)c2ccc(Cn3ccnc3)cc2)cc1. The number of imidazole rings is 1. The Balaban J connectivity index is 1.48. The van der Waals surface area contributed by atoms with E-state index in [1.165, 1.54) is 5.56 Å². The van der Waals surface area contributed by atoms with Crippen LogP contribution in [0.5, 0.6) is 5.75 Å². The van der Waals surface area contributed by atoms with E-state index in [1.807, 2.05) is 70.3 Å². The van der Waals surface area contributed by atoms with Gasteiger partial charge in [-0.25, -0.2) is 4.98 Å². The predicted molar refractivity (Wildman–Crippen MR) is 126 cm³/mol. The minimum Gasteiger partial charge on any atom is -0.497 e. The average molecular weight is 426 g/mol. The fourth-order valence-corrected chi connectivity index (χ4v) is 3.64. The molecule has 1 heterocycles. The summed E-state index contributed by atoms with van der Waals surface area (Å²) in [6.45, 7) is 1.95. The predicted octanol–water partition coefficient (Wildman–Crippen LogP) is 4.83. The van der Waals surface area contributed by atoms with Crippen LogP contribution in [0.3, 0.4) is 0 Å². The zero-order valence-electron chi connectivity index (χ0n) is 18.2. The summed E-state index contributed by atoms with van der Waals surface area (Å²) in [7, 11) is 1.66. The summed E-state index contributed by atoms with van der Waals surface area (Å²) in [5.41, 5.74) is 4.12. The second-order valence-electron chi connectivity index (χ2n) is 7.74. The molecule has 0 saturated heterocycles. The van der Waals surface area contributed by atoms with E-state index in [0.717, 1.165) is 29.8 Å². The van der Waals surface area contributed by atoms with E-state index in [-0.39, 0.29) is 5.91 Å². The highest BCUT2D eigenvalue weighted by atomic mass is 16.5. The largest absolute Gasteiger partial charge is 0.497 e. The Kier molecular flexibility index (Phi) is 6.98. The molecule has 0 radical (unpaired) electrons. The number of carbonyl (C=O) groups is 1. The number of benzene rings is 3. The van der Waals surface area contributed by atoms with Gasteiger partial charge in [0.1, 0.15) is 5.75 Å². The number of amides is 1. The lowest BCUT2D eigenvalue weighted by molar-refractivity contribution is 0.0745. The van der Waals surface area contributed by atoms with Crippen LogP contribution in [0, 0.1) is 0 Å². The van der Waals surface area contributed by atoms with Crippen LogP contribution in [0.15, 0.2) is 97.6 Å². The van der Waals surface area contributed by atoms with Crippen molar-refractivity contribution in [1.82, 2.24) is 14.5 Å². The summed E-state index contributed by atoms with van der Waals surface area (Å²) in [6, 6.07) is 26.0. The van der Waals surface area contributed by atoms with Gasteiger partial charge >= 0.3 is 0 Å². The van der Waals surface area contributed by atoms with Crippen LogP contribution >= 0.6 is 0 Å². The van der Waals surface area contributed by atoms with E-state index >= 15 is 0 Å².